The first-order chi connectivity index (χ1) is 13.6. The van der Waals surface area contributed by atoms with Crippen LogP contribution in [0.25, 0.3) is 32.0 Å². The van der Waals surface area contributed by atoms with Gasteiger partial charge in [0.25, 0.3) is 11.8 Å². The van der Waals surface area contributed by atoms with Crippen LogP contribution >= 0.6 is 34.0 Å². The quantitative estimate of drug-likeness (QED) is 0.499. The van der Waals surface area contributed by atoms with E-state index in [9.17, 15) is 9.59 Å². The standard InChI is InChI=1S/C19H12N4O2S3/c1-23(12-7-14(24)20-18(12)25)17-15-11(13-3-2-5-27-13)9-28-19(15)22-16(21-17)10-4-6-26-8-10/h2-9H,1H3,(H,20,24,25). The van der Waals surface area contributed by atoms with E-state index in [4.69, 9.17) is 9.97 Å². The van der Waals surface area contributed by atoms with Gasteiger partial charge in [0, 0.05) is 39.9 Å². The first kappa shape index (κ1) is 17.2. The van der Waals surface area contributed by atoms with Gasteiger partial charge in [0.05, 0.1) is 5.39 Å². The number of carbonyl (C=O) groups excluding carboxylic acids is 2. The number of aromatic nitrogens is 2. The Morgan fingerprint density at radius 3 is 2.64 bits per heavy atom. The molecule has 0 saturated carbocycles. The van der Waals surface area contributed by atoms with Crippen molar-refractivity contribution in [2.45, 2.75) is 0 Å². The first-order valence-corrected chi connectivity index (χ1v) is 11.0. The number of carbonyl (C=O) groups is 2. The summed E-state index contributed by atoms with van der Waals surface area (Å²) in [6.45, 7) is 0. The minimum Gasteiger partial charge on any atom is -0.324 e. The Labute approximate surface area is 171 Å². The summed E-state index contributed by atoms with van der Waals surface area (Å²) in [7, 11) is 1.75. The van der Waals surface area contributed by atoms with E-state index in [1.54, 1.807) is 46.0 Å². The zero-order chi connectivity index (χ0) is 19.3. The zero-order valence-electron chi connectivity index (χ0n) is 14.5. The molecule has 0 fully saturated rings. The lowest BCUT2D eigenvalue weighted by Crippen LogP contribution is -2.29. The topological polar surface area (TPSA) is 75.2 Å². The van der Waals surface area contributed by atoms with Crippen molar-refractivity contribution in [2.24, 2.45) is 0 Å². The second kappa shape index (κ2) is 6.62. The van der Waals surface area contributed by atoms with Gasteiger partial charge >= 0.3 is 0 Å². The highest BCUT2D eigenvalue weighted by molar-refractivity contribution is 7.18. The molecule has 0 saturated heterocycles. The van der Waals surface area contributed by atoms with Crippen LogP contribution in [0, 0.1) is 0 Å². The molecule has 0 unspecified atom stereocenters. The second-order valence-electron chi connectivity index (χ2n) is 6.10. The number of likely N-dealkylation sites (N-methyl/N-ethyl adjacent to an activating group) is 1. The molecule has 138 valence electrons. The maximum atomic E-state index is 12.2. The smallest absolute Gasteiger partial charge is 0.274 e. The van der Waals surface area contributed by atoms with Crippen molar-refractivity contribution in [3.8, 4) is 21.8 Å². The van der Waals surface area contributed by atoms with Crippen LogP contribution in [0.3, 0.4) is 0 Å². The number of anilines is 1. The van der Waals surface area contributed by atoms with Gasteiger partial charge in [-0.2, -0.15) is 11.3 Å². The van der Waals surface area contributed by atoms with E-state index < -0.39 is 11.8 Å². The van der Waals surface area contributed by atoms with Gasteiger partial charge in [-0.1, -0.05) is 6.07 Å². The predicted octanol–water partition coefficient (Wildman–Crippen LogP) is 4.12. The number of imide groups is 1. The summed E-state index contributed by atoms with van der Waals surface area (Å²) < 4.78 is 0. The Balaban J connectivity index is 1.77. The number of amides is 2. The van der Waals surface area contributed by atoms with Crippen LogP contribution in [-0.4, -0.2) is 28.8 Å². The van der Waals surface area contributed by atoms with Gasteiger partial charge in [0.1, 0.15) is 16.3 Å². The summed E-state index contributed by atoms with van der Waals surface area (Å²) >= 11 is 4.76. The van der Waals surface area contributed by atoms with Crippen molar-refractivity contribution in [1.29, 1.82) is 0 Å². The molecule has 0 aromatic carbocycles. The van der Waals surface area contributed by atoms with E-state index in [-0.39, 0.29) is 5.70 Å². The third-order valence-electron chi connectivity index (χ3n) is 4.40. The van der Waals surface area contributed by atoms with Crippen molar-refractivity contribution in [3.63, 3.8) is 0 Å². The Morgan fingerprint density at radius 2 is 1.96 bits per heavy atom. The number of thiophene rings is 3. The summed E-state index contributed by atoms with van der Waals surface area (Å²) in [6, 6.07) is 6.02. The van der Waals surface area contributed by atoms with Crippen LogP contribution in [0.15, 0.2) is 51.5 Å². The van der Waals surface area contributed by atoms with Crippen LogP contribution in [0.1, 0.15) is 0 Å². The molecule has 1 N–H and O–H groups in total. The van der Waals surface area contributed by atoms with Gasteiger partial charge in [-0.25, -0.2) is 9.97 Å². The van der Waals surface area contributed by atoms with Crippen molar-refractivity contribution in [3.05, 3.63) is 51.5 Å². The summed E-state index contributed by atoms with van der Waals surface area (Å²) in [4.78, 5) is 37.0. The maximum Gasteiger partial charge on any atom is 0.274 e. The van der Waals surface area contributed by atoms with Gasteiger partial charge in [-0.3, -0.25) is 14.9 Å². The lowest BCUT2D eigenvalue weighted by atomic mass is 10.1. The lowest BCUT2D eigenvalue weighted by molar-refractivity contribution is -0.123. The molecule has 5 rings (SSSR count). The molecule has 28 heavy (non-hydrogen) atoms. The van der Waals surface area contributed by atoms with Gasteiger partial charge in [-0.05, 0) is 22.9 Å². The number of hydrogen-bond donors (Lipinski definition) is 1. The largest absolute Gasteiger partial charge is 0.324 e. The van der Waals surface area contributed by atoms with E-state index in [1.165, 1.54) is 6.08 Å². The SMILES string of the molecule is CN(C1=CC(=O)NC1=O)c1nc(-c2ccsc2)nc2scc(-c3cccs3)c12. The predicted molar refractivity (Wildman–Crippen MR) is 114 cm³/mol. The molecule has 6 nitrogen and oxygen atoms in total. The highest BCUT2D eigenvalue weighted by atomic mass is 32.1. The zero-order valence-corrected chi connectivity index (χ0v) is 17.0. The Bertz CT molecular complexity index is 1240. The van der Waals surface area contributed by atoms with Gasteiger partial charge < -0.3 is 4.90 Å². The fraction of sp³-hybridized carbons (Fsp3) is 0.0526. The van der Waals surface area contributed by atoms with E-state index in [0.717, 1.165) is 26.2 Å². The number of fused-ring (bicyclic) bond motifs is 1. The van der Waals surface area contributed by atoms with E-state index in [1.807, 2.05) is 34.3 Å². The van der Waals surface area contributed by atoms with Gasteiger partial charge in [0.15, 0.2) is 5.82 Å². The number of nitrogens with one attached hydrogen (secondary N) is 1. The van der Waals surface area contributed by atoms with Crippen molar-refractivity contribution < 1.29 is 9.59 Å². The molecule has 9 heteroatoms. The molecule has 0 spiro atoms. The number of nitrogens with zero attached hydrogens (tertiary/aromatic N) is 3. The first-order valence-electron chi connectivity index (χ1n) is 8.28. The molecular weight excluding hydrogens is 412 g/mol. The van der Waals surface area contributed by atoms with Crippen molar-refractivity contribution in [2.75, 3.05) is 11.9 Å². The molecule has 1 aliphatic rings. The molecule has 1 aliphatic heterocycles. The molecule has 4 aromatic heterocycles. The minimum atomic E-state index is -0.427. The third-order valence-corrected chi connectivity index (χ3v) is 6.86. The van der Waals surface area contributed by atoms with Gasteiger partial charge in [-0.15, -0.1) is 22.7 Å². The van der Waals surface area contributed by atoms with E-state index in [2.05, 4.69) is 10.7 Å². The average Bonchev–Trinajstić information content (AvgIpc) is 3.46. The molecule has 0 bridgehead atoms. The van der Waals surface area contributed by atoms with E-state index >= 15 is 0 Å². The average molecular weight is 425 g/mol. The third kappa shape index (κ3) is 2.75. The Morgan fingerprint density at radius 1 is 1.07 bits per heavy atom. The number of hydrogen-bond acceptors (Lipinski definition) is 8. The maximum absolute atomic E-state index is 12.2. The van der Waals surface area contributed by atoms with E-state index in [0.29, 0.717) is 11.6 Å². The normalized spacial score (nSPS) is 13.8. The second-order valence-corrected chi connectivity index (χ2v) is 8.68. The Kier molecular flexibility index (Phi) is 4.08. The minimum absolute atomic E-state index is 0.268. The lowest BCUT2D eigenvalue weighted by Gasteiger charge is -2.20. The van der Waals surface area contributed by atoms with Crippen molar-refractivity contribution >= 4 is 61.9 Å². The van der Waals surface area contributed by atoms with Crippen LogP contribution in [0.5, 0.6) is 0 Å². The summed E-state index contributed by atoms with van der Waals surface area (Å²) in [5, 5.41) is 11.2. The monoisotopic (exact) mass is 424 g/mol. The van der Waals surface area contributed by atoms with Crippen LogP contribution in [0.2, 0.25) is 0 Å². The molecule has 0 atom stereocenters. The summed E-state index contributed by atoms with van der Waals surface area (Å²) in [5.41, 5.74) is 2.22. The number of rotatable bonds is 4. The molecule has 4 aromatic rings. The fourth-order valence-corrected chi connectivity index (χ4v) is 5.46. The van der Waals surface area contributed by atoms with Crippen molar-refractivity contribution in [1.82, 2.24) is 15.3 Å². The van der Waals surface area contributed by atoms with Crippen LogP contribution < -0.4 is 10.2 Å². The summed E-state index contributed by atoms with van der Waals surface area (Å²) in [6.07, 6.45) is 1.30. The molecule has 2 amide bonds. The Hall–Kier alpha value is -2.88. The summed E-state index contributed by atoms with van der Waals surface area (Å²) in [5.74, 6) is 0.357. The molecular formula is C19H12N4O2S3. The van der Waals surface area contributed by atoms with Gasteiger partial charge in [0.2, 0.25) is 0 Å². The fourth-order valence-electron chi connectivity index (χ4n) is 3.07. The molecule has 0 aliphatic carbocycles. The van der Waals surface area contributed by atoms with Crippen LogP contribution in [0.4, 0.5) is 5.82 Å². The highest BCUT2D eigenvalue weighted by Gasteiger charge is 2.28. The molecule has 0 radical (unpaired) electrons. The molecule has 5 heterocycles. The van der Waals surface area contributed by atoms with Crippen LogP contribution in [-0.2, 0) is 9.59 Å². The highest BCUT2D eigenvalue weighted by Crippen LogP contribution is 2.41.